The van der Waals surface area contributed by atoms with Gasteiger partial charge in [0.25, 0.3) is 0 Å². The minimum Gasteiger partial charge on any atom is -0.357 e. The average molecular weight is 365 g/mol. The van der Waals surface area contributed by atoms with Crippen LogP contribution in [0, 0.1) is 6.92 Å². The molecule has 0 aliphatic carbocycles. The van der Waals surface area contributed by atoms with E-state index in [2.05, 4.69) is 15.6 Å². The fraction of sp³-hybridized carbons (Fsp3) is 0.533. The third kappa shape index (κ3) is 7.20. The molecule has 0 aliphatic rings. The molecule has 0 saturated heterocycles. The van der Waals surface area contributed by atoms with Gasteiger partial charge in [0, 0.05) is 19.3 Å². The van der Waals surface area contributed by atoms with Gasteiger partial charge in [0.05, 0.1) is 17.9 Å². The molecule has 0 amide bonds. The van der Waals surface area contributed by atoms with E-state index in [1.165, 1.54) is 6.07 Å². The predicted molar refractivity (Wildman–Crippen MR) is 87.8 cm³/mol. The van der Waals surface area contributed by atoms with Crippen molar-refractivity contribution in [3.05, 3.63) is 29.3 Å². The van der Waals surface area contributed by atoms with Crippen molar-refractivity contribution in [1.29, 1.82) is 0 Å². The Hall–Kier alpha value is -1.77. The summed E-state index contributed by atoms with van der Waals surface area (Å²) in [6.45, 7) is 3.99. The summed E-state index contributed by atoms with van der Waals surface area (Å²) in [7, 11) is -3.28. The van der Waals surface area contributed by atoms with Crippen LogP contribution < -0.4 is 10.6 Å². The van der Waals surface area contributed by atoms with Crippen LogP contribution in [0.1, 0.15) is 24.5 Å². The lowest BCUT2D eigenvalue weighted by molar-refractivity contribution is -0.132. The number of sulfone groups is 1. The summed E-state index contributed by atoms with van der Waals surface area (Å²) in [4.78, 5) is 4.47. The molecule has 9 heteroatoms. The van der Waals surface area contributed by atoms with Gasteiger partial charge < -0.3 is 10.6 Å². The van der Waals surface area contributed by atoms with E-state index in [-0.39, 0.29) is 23.9 Å². The van der Waals surface area contributed by atoms with Crippen molar-refractivity contribution < 1.29 is 21.6 Å². The highest BCUT2D eigenvalue weighted by atomic mass is 32.2. The monoisotopic (exact) mass is 365 g/mol. The van der Waals surface area contributed by atoms with Gasteiger partial charge in [-0.1, -0.05) is 12.1 Å². The first-order valence-electron chi connectivity index (χ1n) is 7.41. The van der Waals surface area contributed by atoms with Crippen LogP contribution in [0.3, 0.4) is 0 Å². The van der Waals surface area contributed by atoms with Crippen molar-refractivity contribution in [2.45, 2.75) is 37.9 Å². The molecule has 1 rings (SSSR count). The van der Waals surface area contributed by atoms with Gasteiger partial charge in [-0.2, -0.15) is 13.2 Å². The van der Waals surface area contributed by atoms with Crippen molar-refractivity contribution in [3.8, 4) is 0 Å². The molecule has 1 aromatic rings. The number of halogens is 3. The predicted octanol–water partition coefficient (Wildman–Crippen LogP) is 2.41. The summed E-state index contributed by atoms with van der Waals surface area (Å²) in [5.74, 6) is 0.284. The number of hydrogen-bond donors (Lipinski definition) is 2. The molecule has 0 bridgehead atoms. The van der Waals surface area contributed by atoms with Gasteiger partial charge in [-0.05, 0) is 31.0 Å². The SMILES string of the molecule is CCNC(=NCc1ccc(S(C)(=O)=O)c(C)c1)NCCC(F)(F)F. The maximum Gasteiger partial charge on any atom is 0.390 e. The second kappa shape index (κ2) is 8.36. The lowest BCUT2D eigenvalue weighted by Crippen LogP contribution is -2.38. The maximum atomic E-state index is 12.2. The van der Waals surface area contributed by atoms with Crippen LogP contribution in [0.15, 0.2) is 28.1 Å². The first-order chi connectivity index (χ1) is 11.0. The maximum absolute atomic E-state index is 12.2. The van der Waals surface area contributed by atoms with Gasteiger partial charge in [0.1, 0.15) is 0 Å². The van der Waals surface area contributed by atoms with E-state index in [0.29, 0.717) is 12.1 Å². The number of nitrogens with one attached hydrogen (secondary N) is 2. The molecule has 0 fully saturated rings. The Kier molecular flexibility index (Phi) is 7.07. The molecule has 0 heterocycles. The number of nitrogens with zero attached hydrogens (tertiary/aromatic N) is 1. The second-order valence-electron chi connectivity index (χ2n) is 5.36. The highest BCUT2D eigenvalue weighted by molar-refractivity contribution is 7.90. The largest absolute Gasteiger partial charge is 0.390 e. The van der Waals surface area contributed by atoms with Crippen molar-refractivity contribution in [2.24, 2.45) is 4.99 Å². The molecule has 0 unspecified atom stereocenters. The van der Waals surface area contributed by atoms with E-state index >= 15 is 0 Å². The number of alkyl halides is 3. The Morgan fingerprint density at radius 3 is 2.42 bits per heavy atom. The minimum absolute atomic E-state index is 0.228. The average Bonchev–Trinajstić information content (AvgIpc) is 2.42. The number of benzene rings is 1. The fourth-order valence-electron chi connectivity index (χ4n) is 2.06. The van der Waals surface area contributed by atoms with Gasteiger partial charge in [-0.25, -0.2) is 13.4 Å². The van der Waals surface area contributed by atoms with E-state index in [1.54, 1.807) is 19.1 Å². The van der Waals surface area contributed by atoms with Crippen LogP contribution in [0.4, 0.5) is 13.2 Å². The van der Waals surface area contributed by atoms with Crippen molar-refractivity contribution in [3.63, 3.8) is 0 Å². The topological polar surface area (TPSA) is 70.6 Å². The molecule has 0 spiro atoms. The van der Waals surface area contributed by atoms with Crippen molar-refractivity contribution >= 4 is 15.8 Å². The second-order valence-corrected chi connectivity index (χ2v) is 7.34. The van der Waals surface area contributed by atoms with E-state index in [4.69, 9.17) is 0 Å². The third-order valence-electron chi connectivity index (χ3n) is 3.10. The molecule has 2 N–H and O–H groups in total. The van der Waals surface area contributed by atoms with Crippen LogP contribution in [-0.4, -0.2) is 39.9 Å². The zero-order chi connectivity index (χ0) is 18.4. The zero-order valence-corrected chi connectivity index (χ0v) is 14.7. The van der Waals surface area contributed by atoms with Crippen LogP contribution >= 0.6 is 0 Å². The Morgan fingerprint density at radius 2 is 1.92 bits per heavy atom. The summed E-state index contributed by atoms with van der Waals surface area (Å²) < 4.78 is 59.7. The highest BCUT2D eigenvalue weighted by Crippen LogP contribution is 2.18. The molecule has 24 heavy (non-hydrogen) atoms. The van der Waals surface area contributed by atoms with Crippen molar-refractivity contribution in [1.82, 2.24) is 10.6 Å². The van der Waals surface area contributed by atoms with Crippen LogP contribution in [-0.2, 0) is 16.4 Å². The summed E-state index contributed by atoms with van der Waals surface area (Å²) in [6, 6.07) is 4.87. The van der Waals surface area contributed by atoms with E-state index in [1.807, 2.05) is 6.92 Å². The summed E-state index contributed by atoms with van der Waals surface area (Å²) >= 11 is 0. The quantitative estimate of drug-likeness (QED) is 0.600. The van der Waals surface area contributed by atoms with Gasteiger partial charge >= 0.3 is 6.18 Å². The summed E-state index contributed by atoms with van der Waals surface area (Å²) in [5, 5.41) is 5.49. The Morgan fingerprint density at radius 1 is 1.25 bits per heavy atom. The summed E-state index contributed by atoms with van der Waals surface area (Å²) in [6.07, 6.45) is -4.02. The zero-order valence-electron chi connectivity index (χ0n) is 13.9. The normalized spacial score (nSPS) is 13.0. The Balaban J connectivity index is 2.77. The van der Waals surface area contributed by atoms with E-state index in [9.17, 15) is 21.6 Å². The molecule has 1 aromatic carbocycles. The van der Waals surface area contributed by atoms with E-state index in [0.717, 1.165) is 11.8 Å². The van der Waals surface area contributed by atoms with Gasteiger partial charge in [0.2, 0.25) is 0 Å². The number of aryl methyl sites for hydroxylation is 1. The van der Waals surface area contributed by atoms with Crippen molar-refractivity contribution in [2.75, 3.05) is 19.3 Å². The van der Waals surface area contributed by atoms with Crippen LogP contribution in [0.5, 0.6) is 0 Å². The van der Waals surface area contributed by atoms with Crippen LogP contribution in [0.25, 0.3) is 0 Å². The first kappa shape index (κ1) is 20.3. The van der Waals surface area contributed by atoms with Gasteiger partial charge in [-0.3, -0.25) is 0 Å². The standard InChI is InChI=1S/C15H22F3N3O2S/c1-4-19-14(20-8-7-15(16,17)18)21-10-12-5-6-13(11(2)9-12)24(3,22)23/h5-6,9H,4,7-8,10H2,1-3H3,(H2,19,20,21). The molecular weight excluding hydrogens is 343 g/mol. The molecule has 0 aliphatic heterocycles. The molecule has 0 saturated carbocycles. The Labute approximate surface area is 140 Å². The summed E-state index contributed by atoms with van der Waals surface area (Å²) in [5.41, 5.74) is 1.38. The number of guanidine groups is 1. The highest BCUT2D eigenvalue weighted by Gasteiger charge is 2.26. The Bertz CT molecular complexity index is 686. The number of hydrogen-bond acceptors (Lipinski definition) is 3. The lowest BCUT2D eigenvalue weighted by Gasteiger charge is -2.12. The lowest BCUT2D eigenvalue weighted by atomic mass is 10.1. The first-order valence-corrected chi connectivity index (χ1v) is 9.30. The molecule has 0 radical (unpaired) electrons. The van der Waals surface area contributed by atoms with Gasteiger partial charge in [0.15, 0.2) is 15.8 Å². The molecule has 0 atom stereocenters. The number of rotatable bonds is 6. The molecule has 136 valence electrons. The van der Waals surface area contributed by atoms with E-state index < -0.39 is 22.4 Å². The smallest absolute Gasteiger partial charge is 0.357 e. The van der Waals surface area contributed by atoms with Crippen LogP contribution in [0.2, 0.25) is 0 Å². The molecular formula is C15H22F3N3O2S. The third-order valence-corrected chi connectivity index (χ3v) is 4.36. The minimum atomic E-state index is -4.22. The number of aliphatic imine (C=N–C) groups is 1. The fourth-order valence-corrected chi connectivity index (χ4v) is 3.02. The van der Waals surface area contributed by atoms with Gasteiger partial charge in [-0.15, -0.1) is 0 Å². The molecule has 5 nitrogen and oxygen atoms in total. The molecule has 0 aromatic heterocycles.